The van der Waals surface area contributed by atoms with Gasteiger partial charge in [-0.25, -0.2) is 4.98 Å². The number of halogens is 3. The fourth-order valence-electron chi connectivity index (χ4n) is 0.746. The van der Waals surface area contributed by atoms with Crippen molar-refractivity contribution in [3.8, 4) is 0 Å². The Bertz CT molecular complexity index is 240. The minimum Gasteiger partial charge on any atom is -0.326 e. The van der Waals surface area contributed by atoms with Crippen LogP contribution in [-0.4, -0.2) is 15.7 Å². The third-order valence-corrected chi connectivity index (χ3v) is 1.27. The lowest BCUT2D eigenvalue weighted by molar-refractivity contribution is -0.140. The highest BCUT2D eigenvalue weighted by molar-refractivity contribution is 4.94. The molecule has 0 aliphatic carbocycles. The van der Waals surface area contributed by atoms with Gasteiger partial charge in [0.25, 0.3) is 0 Å². The van der Waals surface area contributed by atoms with Crippen molar-refractivity contribution < 1.29 is 13.2 Å². The topological polar surface area (TPSA) is 17.8 Å². The Kier molecular flexibility index (Phi) is 4.51. The highest BCUT2D eigenvalue weighted by atomic mass is 19.4. The smallest absolute Gasteiger partial charge is 0.326 e. The normalized spacial score (nSPS) is 10.6. The summed E-state index contributed by atoms with van der Waals surface area (Å²) in [5.74, 6) is 0. The standard InChI is InChI=1S/C6H7F3N2.C2H6/c1-5-2-10-4-11(5)3-6(7,8)9;1-2/h2,4H,3H2,1H3;1-2H3. The summed E-state index contributed by atoms with van der Waals surface area (Å²) in [6.07, 6.45) is -1.60. The van der Waals surface area contributed by atoms with Crippen LogP contribution in [0, 0.1) is 6.92 Å². The first-order valence-electron chi connectivity index (χ1n) is 4.02. The third-order valence-electron chi connectivity index (χ3n) is 1.27. The molecule has 0 unspecified atom stereocenters. The van der Waals surface area contributed by atoms with Gasteiger partial charge >= 0.3 is 6.18 Å². The molecule has 0 amide bonds. The molecule has 0 aliphatic rings. The molecule has 0 saturated carbocycles. The molecule has 0 saturated heterocycles. The molecule has 0 aromatic carbocycles. The Morgan fingerprint density at radius 1 is 1.38 bits per heavy atom. The Balaban J connectivity index is 0.000000671. The predicted octanol–water partition coefficient (Wildman–Crippen LogP) is 2.78. The number of hydrogen-bond donors (Lipinski definition) is 0. The van der Waals surface area contributed by atoms with Crippen LogP contribution in [0.4, 0.5) is 13.2 Å². The Labute approximate surface area is 75.4 Å². The maximum absolute atomic E-state index is 11.8. The van der Waals surface area contributed by atoms with Gasteiger partial charge in [0.05, 0.1) is 6.33 Å². The van der Waals surface area contributed by atoms with Crippen molar-refractivity contribution in [2.45, 2.75) is 33.5 Å². The van der Waals surface area contributed by atoms with Crippen molar-refractivity contribution in [1.82, 2.24) is 9.55 Å². The van der Waals surface area contributed by atoms with Crippen LogP contribution in [0.25, 0.3) is 0 Å². The quantitative estimate of drug-likeness (QED) is 0.672. The largest absolute Gasteiger partial charge is 0.406 e. The van der Waals surface area contributed by atoms with Gasteiger partial charge in [-0.15, -0.1) is 0 Å². The average Bonchev–Trinajstić information content (AvgIpc) is 2.38. The molecule has 0 spiro atoms. The Morgan fingerprint density at radius 3 is 2.23 bits per heavy atom. The Hall–Kier alpha value is -1.00. The maximum Gasteiger partial charge on any atom is 0.406 e. The fourth-order valence-corrected chi connectivity index (χ4v) is 0.746. The van der Waals surface area contributed by atoms with Gasteiger partial charge < -0.3 is 4.57 Å². The molecule has 13 heavy (non-hydrogen) atoms. The van der Waals surface area contributed by atoms with Crippen LogP contribution < -0.4 is 0 Å². The van der Waals surface area contributed by atoms with E-state index < -0.39 is 12.7 Å². The first kappa shape index (κ1) is 12.0. The number of aromatic nitrogens is 2. The molecule has 0 bridgehead atoms. The SMILES string of the molecule is CC.Cc1cncn1CC(F)(F)F. The summed E-state index contributed by atoms with van der Waals surface area (Å²) in [6, 6.07) is 0. The fraction of sp³-hybridized carbons (Fsp3) is 0.625. The molecule has 1 rings (SSSR count). The van der Waals surface area contributed by atoms with Crippen molar-refractivity contribution in [3.05, 3.63) is 18.2 Å². The van der Waals surface area contributed by atoms with Gasteiger partial charge in [-0.3, -0.25) is 0 Å². The molecular weight excluding hydrogens is 181 g/mol. The van der Waals surface area contributed by atoms with Crippen molar-refractivity contribution in [3.63, 3.8) is 0 Å². The van der Waals surface area contributed by atoms with Crippen molar-refractivity contribution in [2.24, 2.45) is 0 Å². The van der Waals surface area contributed by atoms with E-state index in [2.05, 4.69) is 4.98 Å². The summed E-state index contributed by atoms with van der Waals surface area (Å²) in [4.78, 5) is 3.57. The van der Waals surface area contributed by atoms with Crippen molar-refractivity contribution in [1.29, 1.82) is 0 Å². The van der Waals surface area contributed by atoms with E-state index >= 15 is 0 Å². The summed E-state index contributed by atoms with van der Waals surface area (Å²) >= 11 is 0. The number of hydrogen-bond acceptors (Lipinski definition) is 1. The summed E-state index contributed by atoms with van der Waals surface area (Å²) in [5.41, 5.74) is 0.516. The van der Waals surface area contributed by atoms with Gasteiger partial charge in [0.2, 0.25) is 0 Å². The van der Waals surface area contributed by atoms with Crippen molar-refractivity contribution in [2.75, 3.05) is 0 Å². The van der Waals surface area contributed by atoms with Gasteiger partial charge in [0.15, 0.2) is 0 Å². The number of aryl methyl sites for hydroxylation is 1. The Morgan fingerprint density at radius 2 is 1.92 bits per heavy atom. The van der Waals surface area contributed by atoms with E-state index in [0.29, 0.717) is 5.69 Å². The van der Waals surface area contributed by atoms with Gasteiger partial charge in [0.1, 0.15) is 6.54 Å². The summed E-state index contributed by atoms with van der Waals surface area (Å²) in [5, 5.41) is 0. The van der Waals surface area contributed by atoms with Crippen molar-refractivity contribution >= 4 is 0 Å². The highest BCUT2D eigenvalue weighted by Gasteiger charge is 2.28. The zero-order chi connectivity index (χ0) is 10.5. The third kappa shape index (κ3) is 4.55. The second kappa shape index (κ2) is 4.89. The minimum atomic E-state index is -4.16. The molecule has 0 atom stereocenters. The van der Waals surface area contributed by atoms with Crippen LogP contribution in [0.1, 0.15) is 19.5 Å². The van der Waals surface area contributed by atoms with Gasteiger partial charge in [-0.2, -0.15) is 13.2 Å². The van der Waals surface area contributed by atoms with E-state index in [1.165, 1.54) is 12.5 Å². The molecule has 0 fully saturated rings. The van der Waals surface area contributed by atoms with E-state index in [9.17, 15) is 13.2 Å². The zero-order valence-electron chi connectivity index (χ0n) is 7.89. The predicted molar refractivity (Wildman–Crippen MR) is 44.4 cm³/mol. The second-order valence-corrected chi connectivity index (χ2v) is 2.28. The summed E-state index contributed by atoms with van der Waals surface area (Å²) < 4.78 is 36.3. The van der Waals surface area contributed by atoms with Crippen LogP contribution in [-0.2, 0) is 6.54 Å². The van der Waals surface area contributed by atoms with Crippen LogP contribution in [0.3, 0.4) is 0 Å². The summed E-state index contributed by atoms with van der Waals surface area (Å²) in [7, 11) is 0. The zero-order valence-corrected chi connectivity index (χ0v) is 7.89. The van der Waals surface area contributed by atoms with Crippen LogP contribution in [0.2, 0.25) is 0 Å². The van der Waals surface area contributed by atoms with E-state index in [4.69, 9.17) is 0 Å². The number of nitrogens with zero attached hydrogens (tertiary/aromatic N) is 2. The molecular formula is C8H13F3N2. The van der Waals surface area contributed by atoms with E-state index in [0.717, 1.165) is 4.57 Å². The van der Waals surface area contributed by atoms with Crippen LogP contribution >= 0.6 is 0 Å². The van der Waals surface area contributed by atoms with E-state index in [1.54, 1.807) is 6.92 Å². The maximum atomic E-state index is 11.8. The highest BCUT2D eigenvalue weighted by Crippen LogP contribution is 2.17. The van der Waals surface area contributed by atoms with Gasteiger partial charge in [-0.05, 0) is 6.92 Å². The van der Waals surface area contributed by atoms with E-state index in [1.807, 2.05) is 13.8 Å². The molecule has 1 aromatic rings. The molecule has 1 aromatic heterocycles. The van der Waals surface area contributed by atoms with Crippen LogP contribution in [0.15, 0.2) is 12.5 Å². The molecule has 0 radical (unpaired) electrons. The second-order valence-electron chi connectivity index (χ2n) is 2.28. The molecule has 5 heteroatoms. The lowest BCUT2D eigenvalue weighted by Gasteiger charge is -2.07. The molecule has 2 nitrogen and oxygen atoms in total. The average molecular weight is 194 g/mol. The van der Waals surface area contributed by atoms with Gasteiger partial charge in [0, 0.05) is 11.9 Å². The first-order chi connectivity index (χ1) is 5.99. The lowest BCUT2D eigenvalue weighted by atomic mass is 10.5. The number of rotatable bonds is 1. The number of alkyl halides is 3. The summed E-state index contributed by atoms with van der Waals surface area (Å²) in [6.45, 7) is 4.62. The van der Waals surface area contributed by atoms with E-state index in [-0.39, 0.29) is 0 Å². The minimum absolute atomic E-state index is 0.516. The molecule has 0 aliphatic heterocycles. The first-order valence-corrected chi connectivity index (χ1v) is 4.02. The number of imidazole rings is 1. The molecule has 0 N–H and O–H groups in total. The monoisotopic (exact) mass is 194 g/mol. The lowest BCUT2D eigenvalue weighted by Crippen LogP contribution is -2.17. The van der Waals surface area contributed by atoms with Gasteiger partial charge in [-0.1, -0.05) is 13.8 Å². The van der Waals surface area contributed by atoms with Crippen LogP contribution in [0.5, 0.6) is 0 Å². The molecule has 1 heterocycles. The molecule has 76 valence electrons.